The summed E-state index contributed by atoms with van der Waals surface area (Å²) >= 11 is 6.12. The monoisotopic (exact) mass is 318 g/mol. The molecule has 0 aliphatic rings. The van der Waals surface area contributed by atoms with Crippen LogP contribution in [0.2, 0.25) is 5.02 Å². The topological polar surface area (TPSA) is 73.0 Å². The molecule has 2 aromatic heterocycles. The number of carbonyl (C=O) groups excluding carboxylic acids is 1. The number of para-hydroxylation sites is 2. The smallest absolute Gasteiger partial charge is 0.273 e. The predicted octanol–water partition coefficient (Wildman–Crippen LogP) is 3.01. The molecule has 6 nitrogen and oxygen atoms in total. The first kappa shape index (κ1) is 14.6. The van der Waals surface area contributed by atoms with Crippen LogP contribution in [0.15, 0.2) is 28.7 Å². The number of hydrogen-bond donors (Lipinski definition) is 1. The molecule has 2 heterocycles. The summed E-state index contributed by atoms with van der Waals surface area (Å²) in [6, 6.07) is 7.05. The Hall–Kier alpha value is -2.34. The van der Waals surface area contributed by atoms with Crippen molar-refractivity contribution in [1.29, 1.82) is 0 Å². The van der Waals surface area contributed by atoms with Crippen molar-refractivity contribution in [2.45, 2.75) is 19.9 Å². The molecule has 7 heteroatoms. The van der Waals surface area contributed by atoms with E-state index in [-0.39, 0.29) is 11.6 Å². The van der Waals surface area contributed by atoms with E-state index < -0.39 is 6.04 Å². The summed E-state index contributed by atoms with van der Waals surface area (Å²) < 4.78 is 7.21. The first-order valence-electron chi connectivity index (χ1n) is 6.83. The summed E-state index contributed by atoms with van der Waals surface area (Å²) in [7, 11) is 1.74. The van der Waals surface area contributed by atoms with Gasteiger partial charge in [-0.05, 0) is 26.0 Å². The maximum atomic E-state index is 12.3. The first-order valence-corrected chi connectivity index (χ1v) is 7.20. The third-order valence-corrected chi connectivity index (χ3v) is 3.96. The van der Waals surface area contributed by atoms with Crippen molar-refractivity contribution in [1.82, 2.24) is 20.1 Å². The minimum Gasteiger partial charge on any atom is -0.438 e. The van der Waals surface area contributed by atoms with E-state index >= 15 is 0 Å². The largest absolute Gasteiger partial charge is 0.438 e. The van der Waals surface area contributed by atoms with E-state index in [0.717, 1.165) is 11.2 Å². The summed E-state index contributed by atoms with van der Waals surface area (Å²) in [6.45, 7) is 3.60. The van der Waals surface area contributed by atoms with Crippen molar-refractivity contribution >= 4 is 28.6 Å². The molecule has 0 radical (unpaired) electrons. The fourth-order valence-corrected chi connectivity index (χ4v) is 2.38. The normalized spacial score (nSPS) is 12.5. The molecule has 1 amide bonds. The fourth-order valence-electron chi connectivity index (χ4n) is 2.13. The third kappa shape index (κ3) is 2.46. The molecule has 114 valence electrons. The highest BCUT2D eigenvalue weighted by molar-refractivity contribution is 6.34. The van der Waals surface area contributed by atoms with Gasteiger partial charge in [-0.1, -0.05) is 23.7 Å². The number of rotatable bonds is 3. The van der Waals surface area contributed by atoms with Gasteiger partial charge in [0.2, 0.25) is 5.89 Å². The lowest BCUT2D eigenvalue weighted by Gasteiger charge is -2.08. The molecular formula is C15H15ClN4O2. The second kappa shape index (κ2) is 5.46. The SMILES string of the molecule is Cc1c(Cl)c(C(=O)NC(C)c2nc3ccccc3o2)nn1C. The lowest BCUT2D eigenvalue weighted by molar-refractivity contribution is 0.0929. The van der Waals surface area contributed by atoms with Crippen LogP contribution in [-0.2, 0) is 7.05 Å². The molecule has 0 bridgehead atoms. The Balaban J connectivity index is 1.82. The van der Waals surface area contributed by atoms with Crippen molar-refractivity contribution < 1.29 is 9.21 Å². The summed E-state index contributed by atoms with van der Waals surface area (Å²) in [5.41, 5.74) is 2.38. The van der Waals surface area contributed by atoms with Crippen LogP contribution in [0, 0.1) is 6.92 Å². The Morgan fingerprint density at radius 3 is 2.77 bits per heavy atom. The number of nitrogens with one attached hydrogen (secondary N) is 1. The molecular weight excluding hydrogens is 304 g/mol. The molecule has 0 aliphatic heterocycles. The Kier molecular flexibility index (Phi) is 3.62. The Labute approximate surface area is 132 Å². The lowest BCUT2D eigenvalue weighted by atomic mass is 10.3. The zero-order valence-corrected chi connectivity index (χ0v) is 13.2. The quantitative estimate of drug-likeness (QED) is 0.805. The molecule has 0 saturated carbocycles. The average Bonchev–Trinajstić information content (AvgIpc) is 3.04. The molecule has 1 unspecified atom stereocenters. The molecule has 0 spiro atoms. The maximum Gasteiger partial charge on any atom is 0.273 e. The van der Waals surface area contributed by atoms with E-state index in [2.05, 4.69) is 15.4 Å². The van der Waals surface area contributed by atoms with Crippen molar-refractivity contribution in [3.05, 3.63) is 46.6 Å². The highest BCUT2D eigenvalue weighted by Crippen LogP contribution is 2.22. The summed E-state index contributed by atoms with van der Waals surface area (Å²) in [6.07, 6.45) is 0. The van der Waals surface area contributed by atoms with Gasteiger partial charge < -0.3 is 9.73 Å². The van der Waals surface area contributed by atoms with Crippen molar-refractivity contribution in [2.24, 2.45) is 7.05 Å². The van der Waals surface area contributed by atoms with Gasteiger partial charge in [0, 0.05) is 7.05 Å². The Morgan fingerprint density at radius 2 is 2.14 bits per heavy atom. The lowest BCUT2D eigenvalue weighted by Crippen LogP contribution is -2.27. The predicted molar refractivity (Wildman–Crippen MR) is 82.8 cm³/mol. The number of aromatic nitrogens is 3. The summed E-state index contributed by atoms with van der Waals surface area (Å²) in [5.74, 6) is 0.0850. The van der Waals surface area contributed by atoms with Crippen LogP contribution in [0.1, 0.15) is 35.0 Å². The standard InChI is InChI=1S/C15H15ClN4O2/c1-8(15-18-10-6-4-5-7-11(10)22-15)17-14(21)13-12(16)9(2)20(3)19-13/h4-8H,1-3H3,(H,17,21). The molecule has 1 aromatic carbocycles. The van der Waals surface area contributed by atoms with E-state index in [9.17, 15) is 4.79 Å². The van der Waals surface area contributed by atoms with Crippen LogP contribution in [0.3, 0.4) is 0 Å². The zero-order valence-electron chi connectivity index (χ0n) is 12.4. The van der Waals surface area contributed by atoms with E-state index in [1.54, 1.807) is 25.6 Å². The highest BCUT2D eigenvalue weighted by atomic mass is 35.5. The van der Waals surface area contributed by atoms with Gasteiger partial charge in [0.15, 0.2) is 11.3 Å². The van der Waals surface area contributed by atoms with Gasteiger partial charge in [-0.25, -0.2) is 4.98 Å². The van der Waals surface area contributed by atoms with E-state index in [4.69, 9.17) is 16.0 Å². The van der Waals surface area contributed by atoms with E-state index in [0.29, 0.717) is 16.5 Å². The number of nitrogens with zero attached hydrogens (tertiary/aromatic N) is 3. The van der Waals surface area contributed by atoms with Gasteiger partial charge in [0.25, 0.3) is 5.91 Å². The molecule has 1 atom stereocenters. The van der Waals surface area contributed by atoms with Gasteiger partial charge >= 0.3 is 0 Å². The summed E-state index contributed by atoms with van der Waals surface area (Å²) in [4.78, 5) is 16.7. The molecule has 1 N–H and O–H groups in total. The highest BCUT2D eigenvalue weighted by Gasteiger charge is 2.22. The molecule has 3 rings (SSSR count). The number of oxazole rings is 1. The molecule has 0 saturated heterocycles. The van der Waals surface area contributed by atoms with Crippen molar-refractivity contribution in [2.75, 3.05) is 0 Å². The van der Waals surface area contributed by atoms with Crippen LogP contribution in [0.5, 0.6) is 0 Å². The number of aryl methyl sites for hydroxylation is 1. The van der Waals surface area contributed by atoms with Gasteiger partial charge in [0.05, 0.1) is 10.7 Å². The molecule has 22 heavy (non-hydrogen) atoms. The van der Waals surface area contributed by atoms with Gasteiger partial charge in [-0.3, -0.25) is 9.48 Å². The third-order valence-electron chi connectivity index (χ3n) is 3.50. The van der Waals surface area contributed by atoms with Crippen LogP contribution < -0.4 is 5.32 Å². The van der Waals surface area contributed by atoms with Crippen LogP contribution >= 0.6 is 11.6 Å². The Morgan fingerprint density at radius 1 is 1.41 bits per heavy atom. The number of hydrogen-bond acceptors (Lipinski definition) is 4. The fraction of sp³-hybridized carbons (Fsp3) is 0.267. The number of benzene rings is 1. The second-order valence-electron chi connectivity index (χ2n) is 5.09. The summed E-state index contributed by atoms with van der Waals surface area (Å²) in [5, 5.41) is 7.27. The number of fused-ring (bicyclic) bond motifs is 1. The van der Waals surface area contributed by atoms with Gasteiger partial charge in [-0.15, -0.1) is 0 Å². The minimum absolute atomic E-state index is 0.199. The first-order chi connectivity index (χ1) is 10.5. The van der Waals surface area contributed by atoms with E-state index in [1.165, 1.54) is 0 Å². The van der Waals surface area contributed by atoms with Gasteiger partial charge in [0.1, 0.15) is 11.6 Å². The second-order valence-corrected chi connectivity index (χ2v) is 5.46. The van der Waals surface area contributed by atoms with Crippen molar-refractivity contribution in [3.8, 4) is 0 Å². The number of carbonyl (C=O) groups is 1. The van der Waals surface area contributed by atoms with Crippen molar-refractivity contribution in [3.63, 3.8) is 0 Å². The minimum atomic E-state index is -0.390. The Bertz CT molecular complexity index is 819. The van der Waals surface area contributed by atoms with Gasteiger partial charge in [-0.2, -0.15) is 5.10 Å². The number of amides is 1. The molecule has 3 aromatic rings. The molecule has 0 aliphatic carbocycles. The molecule has 0 fully saturated rings. The van der Waals surface area contributed by atoms with Crippen LogP contribution in [0.4, 0.5) is 0 Å². The maximum absolute atomic E-state index is 12.3. The average molecular weight is 319 g/mol. The zero-order chi connectivity index (χ0) is 15.9. The van der Waals surface area contributed by atoms with Crippen LogP contribution in [0.25, 0.3) is 11.1 Å². The van der Waals surface area contributed by atoms with E-state index in [1.807, 2.05) is 24.3 Å². The van der Waals surface area contributed by atoms with Crippen LogP contribution in [-0.4, -0.2) is 20.7 Å². The number of halogens is 1.